The monoisotopic (exact) mass is 309 g/mol. The Balaban J connectivity index is 2.23. The SMILES string of the molecule is CCNCC(Cc1ccc(F)cc1F)c1cccc(Cl)c1. The minimum absolute atomic E-state index is 0.0867. The van der Waals surface area contributed by atoms with Crippen LogP contribution in [0.1, 0.15) is 24.0 Å². The molecule has 0 aliphatic rings. The zero-order valence-corrected chi connectivity index (χ0v) is 12.6. The van der Waals surface area contributed by atoms with E-state index in [1.54, 1.807) is 0 Å². The fraction of sp³-hybridized carbons (Fsp3) is 0.294. The van der Waals surface area contributed by atoms with Gasteiger partial charge in [-0.05, 0) is 42.3 Å². The zero-order chi connectivity index (χ0) is 15.2. The number of halogens is 3. The first-order valence-electron chi connectivity index (χ1n) is 7.00. The maximum absolute atomic E-state index is 13.8. The highest BCUT2D eigenvalue weighted by atomic mass is 35.5. The average Bonchev–Trinajstić information content (AvgIpc) is 2.45. The van der Waals surface area contributed by atoms with E-state index in [0.717, 1.165) is 18.2 Å². The van der Waals surface area contributed by atoms with Crippen molar-refractivity contribution in [3.05, 3.63) is 70.2 Å². The molecule has 0 radical (unpaired) electrons. The van der Waals surface area contributed by atoms with E-state index in [1.807, 2.05) is 31.2 Å². The molecule has 1 N–H and O–H groups in total. The van der Waals surface area contributed by atoms with E-state index in [4.69, 9.17) is 11.6 Å². The number of hydrogen-bond acceptors (Lipinski definition) is 1. The zero-order valence-electron chi connectivity index (χ0n) is 11.9. The molecule has 2 rings (SSSR count). The molecule has 0 heterocycles. The fourth-order valence-corrected chi connectivity index (χ4v) is 2.54. The Hall–Kier alpha value is -1.45. The standard InChI is InChI=1S/C17H18ClF2N/c1-2-21-11-14(12-4-3-5-15(18)9-12)8-13-6-7-16(19)10-17(13)20/h3-7,9-10,14,21H,2,8,11H2,1H3. The van der Waals surface area contributed by atoms with Crippen LogP contribution in [0, 0.1) is 11.6 Å². The molecule has 0 aliphatic heterocycles. The lowest BCUT2D eigenvalue weighted by molar-refractivity contribution is 0.547. The van der Waals surface area contributed by atoms with Crippen molar-refractivity contribution < 1.29 is 8.78 Å². The van der Waals surface area contributed by atoms with E-state index in [9.17, 15) is 8.78 Å². The smallest absolute Gasteiger partial charge is 0.129 e. The van der Waals surface area contributed by atoms with Crippen LogP contribution >= 0.6 is 11.6 Å². The van der Waals surface area contributed by atoms with Crippen LogP contribution < -0.4 is 5.32 Å². The van der Waals surface area contributed by atoms with E-state index in [1.165, 1.54) is 12.1 Å². The normalized spacial score (nSPS) is 12.4. The Labute approximate surface area is 128 Å². The van der Waals surface area contributed by atoms with Crippen molar-refractivity contribution in [2.75, 3.05) is 13.1 Å². The van der Waals surface area contributed by atoms with Crippen molar-refractivity contribution in [3.8, 4) is 0 Å². The third kappa shape index (κ3) is 4.51. The number of hydrogen-bond donors (Lipinski definition) is 1. The largest absolute Gasteiger partial charge is 0.316 e. The minimum atomic E-state index is -0.553. The maximum atomic E-state index is 13.8. The topological polar surface area (TPSA) is 12.0 Å². The van der Waals surface area contributed by atoms with Crippen molar-refractivity contribution >= 4 is 11.6 Å². The lowest BCUT2D eigenvalue weighted by Crippen LogP contribution is -2.23. The Morgan fingerprint density at radius 2 is 1.95 bits per heavy atom. The summed E-state index contributed by atoms with van der Waals surface area (Å²) in [6.45, 7) is 3.57. The second-order valence-corrected chi connectivity index (χ2v) is 5.44. The molecule has 0 bridgehead atoms. The molecule has 1 atom stereocenters. The highest BCUT2D eigenvalue weighted by molar-refractivity contribution is 6.30. The van der Waals surface area contributed by atoms with Gasteiger partial charge in [0, 0.05) is 23.6 Å². The summed E-state index contributed by atoms with van der Waals surface area (Å²) in [6, 6.07) is 11.3. The molecule has 2 aromatic rings. The lowest BCUT2D eigenvalue weighted by atomic mass is 9.91. The summed E-state index contributed by atoms with van der Waals surface area (Å²) in [5, 5.41) is 3.94. The van der Waals surface area contributed by atoms with Crippen molar-refractivity contribution in [3.63, 3.8) is 0 Å². The van der Waals surface area contributed by atoms with E-state index >= 15 is 0 Å². The molecule has 1 nitrogen and oxygen atoms in total. The van der Waals surface area contributed by atoms with Crippen molar-refractivity contribution in [2.45, 2.75) is 19.3 Å². The first-order chi connectivity index (χ1) is 10.1. The summed E-state index contributed by atoms with van der Waals surface area (Å²) in [5.41, 5.74) is 1.56. The molecule has 0 saturated heterocycles. The predicted molar refractivity (Wildman–Crippen MR) is 82.8 cm³/mol. The van der Waals surface area contributed by atoms with Crippen LogP contribution in [0.15, 0.2) is 42.5 Å². The van der Waals surface area contributed by atoms with E-state index < -0.39 is 11.6 Å². The molecule has 2 aromatic carbocycles. The van der Waals surface area contributed by atoms with Crippen LogP contribution in [0.2, 0.25) is 5.02 Å². The van der Waals surface area contributed by atoms with Gasteiger partial charge in [-0.2, -0.15) is 0 Å². The number of rotatable bonds is 6. The quantitative estimate of drug-likeness (QED) is 0.825. The first-order valence-corrected chi connectivity index (χ1v) is 7.38. The summed E-state index contributed by atoms with van der Waals surface area (Å²) in [4.78, 5) is 0. The summed E-state index contributed by atoms with van der Waals surface area (Å²) < 4.78 is 26.8. The van der Waals surface area contributed by atoms with E-state index in [2.05, 4.69) is 5.32 Å². The van der Waals surface area contributed by atoms with Gasteiger partial charge < -0.3 is 5.32 Å². The fourth-order valence-electron chi connectivity index (χ4n) is 2.34. The maximum Gasteiger partial charge on any atom is 0.129 e. The molecule has 0 amide bonds. The summed E-state index contributed by atoms with van der Waals surface area (Å²) >= 11 is 6.03. The Morgan fingerprint density at radius 3 is 2.62 bits per heavy atom. The Bertz CT molecular complexity index is 601. The van der Waals surface area contributed by atoms with Gasteiger partial charge in [-0.25, -0.2) is 8.78 Å². The Kier molecular flexibility index (Phi) is 5.71. The van der Waals surface area contributed by atoms with Crippen molar-refractivity contribution in [1.29, 1.82) is 0 Å². The highest BCUT2D eigenvalue weighted by Crippen LogP contribution is 2.24. The second-order valence-electron chi connectivity index (χ2n) is 5.00. The summed E-state index contributed by atoms with van der Waals surface area (Å²) in [7, 11) is 0. The van der Waals surface area contributed by atoms with Gasteiger partial charge >= 0.3 is 0 Å². The molecule has 21 heavy (non-hydrogen) atoms. The molecule has 0 aliphatic carbocycles. The summed E-state index contributed by atoms with van der Waals surface area (Å²) in [6.07, 6.45) is 0.499. The number of nitrogens with one attached hydrogen (secondary N) is 1. The first kappa shape index (κ1) is 15.9. The number of benzene rings is 2. The van der Waals surface area contributed by atoms with E-state index in [-0.39, 0.29) is 5.92 Å². The third-order valence-corrected chi connectivity index (χ3v) is 3.68. The van der Waals surface area contributed by atoms with Crippen LogP contribution in [-0.2, 0) is 6.42 Å². The van der Waals surface area contributed by atoms with Gasteiger partial charge in [-0.3, -0.25) is 0 Å². The number of likely N-dealkylation sites (N-methyl/N-ethyl adjacent to an activating group) is 1. The van der Waals surface area contributed by atoms with Gasteiger partial charge in [0.25, 0.3) is 0 Å². The van der Waals surface area contributed by atoms with Crippen LogP contribution in [0.25, 0.3) is 0 Å². The van der Waals surface area contributed by atoms with Crippen molar-refractivity contribution in [2.24, 2.45) is 0 Å². The van der Waals surface area contributed by atoms with Crippen LogP contribution in [0.4, 0.5) is 8.78 Å². The second kappa shape index (κ2) is 7.53. The van der Waals surface area contributed by atoms with Gasteiger partial charge in [0.15, 0.2) is 0 Å². The van der Waals surface area contributed by atoms with Crippen LogP contribution in [0.5, 0.6) is 0 Å². The molecule has 0 saturated carbocycles. The molecular weight excluding hydrogens is 292 g/mol. The average molecular weight is 310 g/mol. The minimum Gasteiger partial charge on any atom is -0.316 e. The molecule has 112 valence electrons. The third-order valence-electron chi connectivity index (χ3n) is 3.44. The molecule has 0 aromatic heterocycles. The van der Waals surface area contributed by atoms with Gasteiger partial charge in [0.1, 0.15) is 11.6 Å². The van der Waals surface area contributed by atoms with Gasteiger partial charge in [-0.1, -0.05) is 36.7 Å². The van der Waals surface area contributed by atoms with Gasteiger partial charge in [-0.15, -0.1) is 0 Å². The van der Waals surface area contributed by atoms with E-state index in [0.29, 0.717) is 23.6 Å². The summed E-state index contributed by atoms with van der Waals surface area (Å²) in [5.74, 6) is -0.968. The Morgan fingerprint density at radius 1 is 1.14 bits per heavy atom. The van der Waals surface area contributed by atoms with Gasteiger partial charge in [0.2, 0.25) is 0 Å². The van der Waals surface area contributed by atoms with Crippen LogP contribution in [-0.4, -0.2) is 13.1 Å². The molecule has 1 unspecified atom stereocenters. The molecular formula is C17H18ClF2N. The molecule has 0 spiro atoms. The van der Waals surface area contributed by atoms with Crippen molar-refractivity contribution in [1.82, 2.24) is 5.32 Å². The molecule has 4 heteroatoms. The highest BCUT2D eigenvalue weighted by Gasteiger charge is 2.15. The van der Waals surface area contributed by atoms with Gasteiger partial charge in [0.05, 0.1) is 0 Å². The lowest BCUT2D eigenvalue weighted by Gasteiger charge is -2.18. The van der Waals surface area contributed by atoms with Crippen LogP contribution in [0.3, 0.4) is 0 Å². The predicted octanol–water partition coefficient (Wildman–Crippen LogP) is 4.55. The molecule has 0 fully saturated rings.